The van der Waals surface area contributed by atoms with E-state index in [1.54, 1.807) is 19.2 Å². The summed E-state index contributed by atoms with van der Waals surface area (Å²) in [7, 11) is -1.77. The fourth-order valence-electron chi connectivity index (χ4n) is 4.22. The van der Waals surface area contributed by atoms with Crippen LogP contribution in [0, 0.1) is 0 Å². The molecule has 3 N–H and O–H groups in total. The second-order valence-electron chi connectivity index (χ2n) is 7.92. The lowest BCUT2D eigenvalue weighted by molar-refractivity contribution is 0.0992. The third kappa shape index (κ3) is 5.09. The zero-order valence-corrected chi connectivity index (χ0v) is 17.6. The van der Waals surface area contributed by atoms with Crippen LogP contribution in [0.15, 0.2) is 34.2 Å². The lowest BCUT2D eigenvalue weighted by Gasteiger charge is -2.22. The van der Waals surface area contributed by atoms with Crippen molar-refractivity contribution in [2.24, 2.45) is 4.99 Å². The first-order valence-electron chi connectivity index (χ1n) is 10.4. The molecule has 4 rings (SSSR count). The second kappa shape index (κ2) is 8.99. The van der Waals surface area contributed by atoms with Gasteiger partial charge in [0.25, 0.3) is 0 Å². The van der Waals surface area contributed by atoms with Crippen LogP contribution in [0.2, 0.25) is 0 Å². The number of sulfonamides is 1. The van der Waals surface area contributed by atoms with Crippen molar-refractivity contribution < 1.29 is 17.9 Å². The van der Waals surface area contributed by atoms with Gasteiger partial charge in [-0.05, 0) is 49.8 Å². The topological polar surface area (TPSA) is 101 Å². The van der Waals surface area contributed by atoms with Crippen LogP contribution in [-0.4, -0.2) is 58.9 Å². The highest BCUT2D eigenvalue weighted by molar-refractivity contribution is 7.89. The predicted octanol–water partition coefficient (Wildman–Crippen LogP) is 1.13. The Labute approximate surface area is 172 Å². The van der Waals surface area contributed by atoms with Gasteiger partial charge < -0.3 is 20.1 Å². The lowest BCUT2D eigenvalue weighted by atomic mass is 9.96. The fourth-order valence-corrected chi connectivity index (χ4v) is 5.29. The van der Waals surface area contributed by atoms with Gasteiger partial charge in [0.15, 0.2) is 5.96 Å². The average Bonchev–Trinajstić information content (AvgIpc) is 3.48. The Bertz CT molecular complexity index is 821. The molecule has 0 aromatic heterocycles. The molecule has 4 atom stereocenters. The SMILES string of the molecule is CN=C(NCc1ccc(S(=O)(=O)NCC2CCCO2)cc1)NC1CC2CCC1O2. The van der Waals surface area contributed by atoms with Gasteiger partial charge in [0, 0.05) is 26.7 Å². The van der Waals surface area contributed by atoms with E-state index in [2.05, 4.69) is 20.3 Å². The zero-order chi connectivity index (χ0) is 20.3. The van der Waals surface area contributed by atoms with E-state index in [1.807, 2.05) is 12.1 Å². The van der Waals surface area contributed by atoms with Crippen LogP contribution in [-0.2, 0) is 26.0 Å². The minimum absolute atomic E-state index is 0.0204. The molecule has 3 aliphatic heterocycles. The molecule has 1 aromatic rings. The molecule has 9 heteroatoms. The van der Waals surface area contributed by atoms with E-state index < -0.39 is 10.0 Å². The standard InChI is InChI=1S/C20H30N4O4S/c1-21-20(24-18-11-15-6-9-19(18)28-15)22-12-14-4-7-17(8-5-14)29(25,26)23-13-16-3-2-10-27-16/h4-5,7-8,15-16,18-19,23H,2-3,6,9-13H2,1H3,(H2,21,22,24). The highest BCUT2D eigenvalue weighted by Crippen LogP contribution is 2.34. The molecular formula is C20H30N4O4S. The van der Waals surface area contributed by atoms with Crippen LogP contribution in [0.1, 0.15) is 37.7 Å². The molecule has 3 fully saturated rings. The van der Waals surface area contributed by atoms with Crippen molar-refractivity contribution in [2.75, 3.05) is 20.2 Å². The number of hydrogen-bond acceptors (Lipinski definition) is 5. The molecule has 0 saturated carbocycles. The Kier molecular flexibility index (Phi) is 6.38. The van der Waals surface area contributed by atoms with Crippen molar-refractivity contribution in [1.29, 1.82) is 0 Å². The molecule has 2 bridgehead atoms. The van der Waals surface area contributed by atoms with Crippen LogP contribution < -0.4 is 15.4 Å². The Morgan fingerprint density at radius 1 is 1.21 bits per heavy atom. The number of guanidine groups is 1. The molecular weight excluding hydrogens is 392 g/mol. The Morgan fingerprint density at radius 3 is 2.66 bits per heavy atom. The number of hydrogen-bond donors (Lipinski definition) is 3. The van der Waals surface area contributed by atoms with Crippen molar-refractivity contribution >= 4 is 16.0 Å². The van der Waals surface area contributed by atoms with E-state index >= 15 is 0 Å². The number of nitrogens with zero attached hydrogens (tertiary/aromatic N) is 1. The van der Waals surface area contributed by atoms with Crippen molar-refractivity contribution in [3.05, 3.63) is 29.8 Å². The van der Waals surface area contributed by atoms with Gasteiger partial charge in [-0.3, -0.25) is 4.99 Å². The summed E-state index contributed by atoms with van der Waals surface area (Å²) < 4.78 is 38.9. The van der Waals surface area contributed by atoms with Gasteiger partial charge in [0.05, 0.1) is 29.2 Å². The summed E-state index contributed by atoms with van der Waals surface area (Å²) >= 11 is 0. The largest absolute Gasteiger partial charge is 0.377 e. The molecule has 0 spiro atoms. The summed E-state index contributed by atoms with van der Waals surface area (Å²) in [6.45, 7) is 1.59. The van der Waals surface area contributed by atoms with Gasteiger partial charge in [0.2, 0.25) is 10.0 Å². The Morgan fingerprint density at radius 2 is 2.03 bits per heavy atom. The summed E-state index contributed by atoms with van der Waals surface area (Å²) in [6, 6.07) is 7.22. The van der Waals surface area contributed by atoms with E-state index in [4.69, 9.17) is 9.47 Å². The predicted molar refractivity (Wildman–Crippen MR) is 110 cm³/mol. The minimum Gasteiger partial charge on any atom is -0.377 e. The highest BCUT2D eigenvalue weighted by Gasteiger charge is 2.41. The molecule has 3 saturated heterocycles. The number of ether oxygens (including phenoxy) is 2. The fraction of sp³-hybridized carbons (Fsp3) is 0.650. The van der Waals surface area contributed by atoms with Gasteiger partial charge >= 0.3 is 0 Å². The zero-order valence-electron chi connectivity index (χ0n) is 16.8. The third-order valence-corrected chi connectivity index (χ3v) is 7.31. The first kappa shape index (κ1) is 20.6. The molecule has 1 aromatic carbocycles. The maximum atomic E-state index is 12.4. The van der Waals surface area contributed by atoms with E-state index in [9.17, 15) is 8.42 Å². The monoisotopic (exact) mass is 422 g/mol. The van der Waals surface area contributed by atoms with Gasteiger partial charge in [-0.15, -0.1) is 0 Å². The van der Waals surface area contributed by atoms with E-state index in [0.29, 0.717) is 31.8 Å². The summed E-state index contributed by atoms with van der Waals surface area (Å²) in [5.41, 5.74) is 0.982. The number of fused-ring (bicyclic) bond motifs is 2. The number of benzene rings is 1. The highest BCUT2D eigenvalue weighted by atomic mass is 32.2. The summed E-state index contributed by atoms with van der Waals surface area (Å²) in [4.78, 5) is 4.55. The second-order valence-corrected chi connectivity index (χ2v) is 9.68. The first-order chi connectivity index (χ1) is 14.0. The van der Waals surface area contributed by atoms with E-state index in [0.717, 1.165) is 43.6 Å². The molecule has 8 nitrogen and oxygen atoms in total. The molecule has 160 valence electrons. The smallest absolute Gasteiger partial charge is 0.240 e. The quantitative estimate of drug-likeness (QED) is 0.450. The summed E-state index contributed by atoms with van der Waals surface area (Å²) in [6.07, 6.45) is 5.83. The Balaban J connectivity index is 1.27. The first-order valence-corrected chi connectivity index (χ1v) is 11.8. The molecule has 0 aliphatic carbocycles. The van der Waals surface area contributed by atoms with Gasteiger partial charge in [-0.2, -0.15) is 0 Å². The van der Waals surface area contributed by atoms with Crippen molar-refractivity contribution in [3.63, 3.8) is 0 Å². The van der Waals surface area contributed by atoms with Crippen molar-refractivity contribution in [2.45, 2.75) is 67.9 Å². The third-order valence-electron chi connectivity index (χ3n) is 5.87. The minimum atomic E-state index is -3.52. The van der Waals surface area contributed by atoms with Gasteiger partial charge in [-0.25, -0.2) is 13.1 Å². The van der Waals surface area contributed by atoms with Crippen LogP contribution in [0.5, 0.6) is 0 Å². The summed E-state index contributed by atoms with van der Waals surface area (Å²) in [5.74, 6) is 0.737. The van der Waals surface area contributed by atoms with Gasteiger partial charge in [-0.1, -0.05) is 12.1 Å². The normalized spacial score (nSPS) is 29.3. The number of rotatable bonds is 7. The van der Waals surface area contributed by atoms with Crippen LogP contribution in [0.4, 0.5) is 0 Å². The number of nitrogens with one attached hydrogen (secondary N) is 3. The molecule has 29 heavy (non-hydrogen) atoms. The van der Waals surface area contributed by atoms with Crippen LogP contribution >= 0.6 is 0 Å². The molecule has 3 heterocycles. The molecule has 3 aliphatic rings. The van der Waals surface area contributed by atoms with E-state index in [-0.39, 0.29) is 17.1 Å². The average molecular weight is 423 g/mol. The number of aliphatic imine (C=N–C) groups is 1. The van der Waals surface area contributed by atoms with Crippen molar-refractivity contribution in [1.82, 2.24) is 15.4 Å². The van der Waals surface area contributed by atoms with Gasteiger partial charge in [0.1, 0.15) is 0 Å². The van der Waals surface area contributed by atoms with E-state index in [1.165, 1.54) is 0 Å². The van der Waals surface area contributed by atoms with Crippen LogP contribution in [0.3, 0.4) is 0 Å². The maximum Gasteiger partial charge on any atom is 0.240 e. The molecule has 0 radical (unpaired) electrons. The molecule has 4 unspecified atom stereocenters. The molecule has 0 amide bonds. The maximum absolute atomic E-state index is 12.4. The Hall–Kier alpha value is -1.68. The van der Waals surface area contributed by atoms with Crippen molar-refractivity contribution in [3.8, 4) is 0 Å². The van der Waals surface area contributed by atoms with Crippen LogP contribution in [0.25, 0.3) is 0 Å². The lowest BCUT2D eigenvalue weighted by Crippen LogP contribution is -2.47. The summed E-state index contributed by atoms with van der Waals surface area (Å²) in [5, 5.41) is 6.74.